The first-order valence-corrected chi connectivity index (χ1v) is 5.44. The zero-order valence-corrected chi connectivity index (χ0v) is 9.91. The van der Waals surface area contributed by atoms with E-state index in [1.165, 1.54) is 5.69 Å². The van der Waals surface area contributed by atoms with Crippen LogP contribution in [0.5, 0.6) is 0 Å². The van der Waals surface area contributed by atoms with Crippen molar-refractivity contribution >= 4 is 22.5 Å². The molecule has 0 bridgehead atoms. The Morgan fingerprint density at radius 3 is 2.87 bits per heavy atom. The average molecular weight is 224 g/mol. The molecule has 0 amide bonds. The summed E-state index contributed by atoms with van der Waals surface area (Å²) in [6.07, 6.45) is 1.76. The number of rotatable bonds is 2. The molecule has 0 aromatic carbocycles. The lowest BCUT2D eigenvalue weighted by molar-refractivity contribution is 0.527. The molecule has 0 saturated carbocycles. The number of nitrogens with zero attached hydrogens (tertiary/aromatic N) is 3. The zero-order valence-electron chi connectivity index (χ0n) is 9.16. The van der Waals surface area contributed by atoms with Gasteiger partial charge in [0, 0.05) is 17.6 Å². The van der Waals surface area contributed by atoms with Crippen LogP contribution in [-0.2, 0) is 6.54 Å². The first-order valence-electron chi connectivity index (χ1n) is 5.06. The summed E-state index contributed by atoms with van der Waals surface area (Å²) in [6, 6.07) is 2.10. The summed E-state index contributed by atoms with van der Waals surface area (Å²) in [5.41, 5.74) is 2.20. The van der Waals surface area contributed by atoms with Crippen molar-refractivity contribution in [2.24, 2.45) is 5.92 Å². The molecule has 2 heterocycles. The van der Waals surface area contributed by atoms with Crippen LogP contribution in [0.15, 0.2) is 12.3 Å². The molecule has 2 rings (SSSR count). The van der Waals surface area contributed by atoms with E-state index in [1.54, 1.807) is 6.20 Å². The Morgan fingerprint density at radius 2 is 2.20 bits per heavy atom. The van der Waals surface area contributed by atoms with Crippen LogP contribution in [0.4, 0.5) is 0 Å². The second-order valence-electron chi connectivity index (χ2n) is 4.23. The molecule has 0 saturated heterocycles. The third-order valence-corrected chi connectivity index (χ3v) is 2.67. The van der Waals surface area contributed by atoms with E-state index in [9.17, 15) is 0 Å². The second kappa shape index (κ2) is 3.81. The molecule has 80 valence electrons. The van der Waals surface area contributed by atoms with Gasteiger partial charge in [0.15, 0.2) is 5.15 Å². The molecule has 15 heavy (non-hydrogen) atoms. The van der Waals surface area contributed by atoms with Crippen LogP contribution in [0.25, 0.3) is 10.9 Å². The van der Waals surface area contributed by atoms with Gasteiger partial charge in [-0.25, -0.2) is 0 Å². The molecule has 0 aliphatic carbocycles. The van der Waals surface area contributed by atoms with Gasteiger partial charge in [0.1, 0.15) is 0 Å². The summed E-state index contributed by atoms with van der Waals surface area (Å²) < 4.78 is 2.21. The fourth-order valence-corrected chi connectivity index (χ4v) is 2.08. The van der Waals surface area contributed by atoms with E-state index in [4.69, 9.17) is 11.6 Å². The zero-order chi connectivity index (χ0) is 11.0. The third kappa shape index (κ3) is 1.84. The van der Waals surface area contributed by atoms with E-state index in [0.29, 0.717) is 11.1 Å². The van der Waals surface area contributed by atoms with Gasteiger partial charge in [0.25, 0.3) is 0 Å². The van der Waals surface area contributed by atoms with E-state index in [2.05, 4.69) is 41.6 Å². The van der Waals surface area contributed by atoms with Crippen LogP contribution < -0.4 is 0 Å². The molecular weight excluding hydrogens is 210 g/mol. The van der Waals surface area contributed by atoms with Crippen LogP contribution >= 0.6 is 11.6 Å². The monoisotopic (exact) mass is 223 g/mol. The SMILES string of the molecule is Cc1cc2cnnc(Cl)c2n1CC(C)C. The van der Waals surface area contributed by atoms with Crippen molar-refractivity contribution in [1.82, 2.24) is 14.8 Å². The minimum atomic E-state index is 0.487. The van der Waals surface area contributed by atoms with Gasteiger partial charge < -0.3 is 4.57 Å². The maximum atomic E-state index is 6.06. The fraction of sp³-hybridized carbons (Fsp3) is 0.455. The molecule has 0 N–H and O–H groups in total. The normalized spacial score (nSPS) is 11.5. The second-order valence-corrected chi connectivity index (χ2v) is 4.59. The maximum absolute atomic E-state index is 6.06. The van der Waals surface area contributed by atoms with E-state index >= 15 is 0 Å². The predicted molar refractivity (Wildman–Crippen MR) is 62.1 cm³/mol. The first-order chi connectivity index (χ1) is 7.09. The molecule has 0 fully saturated rings. The lowest BCUT2D eigenvalue weighted by Crippen LogP contribution is -2.06. The smallest absolute Gasteiger partial charge is 0.175 e. The Morgan fingerprint density at radius 1 is 1.47 bits per heavy atom. The number of hydrogen-bond acceptors (Lipinski definition) is 2. The minimum Gasteiger partial charge on any atom is -0.342 e. The van der Waals surface area contributed by atoms with Crippen LogP contribution in [0, 0.1) is 12.8 Å². The van der Waals surface area contributed by atoms with E-state index in [1.807, 2.05) is 0 Å². The highest BCUT2D eigenvalue weighted by molar-refractivity contribution is 6.33. The van der Waals surface area contributed by atoms with Crippen LogP contribution in [-0.4, -0.2) is 14.8 Å². The molecule has 0 spiro atoms. The van der Waals surface area contributed by atoms with Crippen molar-refractivity contribution in [3.05, 3.63) is 23.1 Å². The van der Waals surface area contributed by atoms with Gasteiger partial charge in [-0.3, -0.25) is 0 Å². The average Bonchev–Trinajstić information content (AvgIpc) is 2.43. The van der Waals surface area contributed by atoms with Crippen LogP contribution in [0.3, 0.4) is 0 Å². The summed E-state index contributed by atoms with van der Waals surface area (Å²) in [4.78, 5) is 0. The third-order valence-electron chi connectivity index (χ3n) is 2.42. The standard InChI is InChI=1S/C11H14ClN3/c1-7(2)6-15-8(3)4-9-5-13-14-11(12)10(9)15/h4-5,7H,6H2,1-3H3. The number of aryl methyl sites for hydroxylation is 1. The molecule has 4 heteroatoms. The summed E-state index contributed by atoms with van der Waals surface area (Å²) in [5, 5.41) is 9.28. The summed E-state index contributed by atoms with van der Waals surface area (Å²) in [6.45, 7) is 7.42. The highest BCUT2D eigenvalue weighted by atomic mass is 35.5. The largest absolute Gasteiger partial charge is 0.342 e. The van der Waals surface area contributed by atoms with Crippen molar-refractivity contribution in [1.29, 1.82) is 0 Å². The number of aromatic nitrogens is 3. The van der Waals surface area contributed by atoms with Gasteiger partial charge in [0.05, 0.1) is 11.7 Å². The molecule has 3 nitrogen and oxygen atoms in total. The van der Waals surface area contributed by atoms with E-state index in [-0.39, 0.29) is 0 Å². The summed E-state index contributed by atoms with van der Waals surface area (Å²) in [5.74, 6) is 0.587. The van der Waals surface area contributed by atoms with Crippen molar-refractivity contribution in [2.75, 3.05) is 0 Å². The predicted octanol–water partition coefficient (Wildman–Crippen LogP) is 3.05. The van der Waals surface area contributed by atoms with Crippen molar-refractivity contribution in [3.63, 3.8) is 0 Å². The molecular formula is C11H14ClN3. The number of hydrogen-bond donors (Lipinski definition) is 0. The van der Waals surface area contributed by atoms with Gasteiger partial charge in [-0.15, -0.1) is 5.10 Å². The lowest BCUT2D eigenvalue weighted by atomic mass is 10.2. The molecule has 2 aromatic heterocycles. The molecule has 0 aliphatic rings. The highest BCUT2D eigenvalue weighted by Crippen LogP contribution is 2.24. The Kier molecular flexibility index (Phi) is 2.65. The van der Waals surface area contributed by atoms with Gasteiger partial charge in [-0.1, -0.05) is 25.4 Å². The molecule has 0 atom stereocenters. The fourth-order valence-electron chi connectivity index (χ4n) is 1.82. The van der Waals surface area contributed by atoms with E-state index < -0.39 is 0 Å². The van der Waals surface area contributed by atoms with Gasteiger partial charge in [-0.2, -0.15) is 5.10 Å². The number of halogens is 1. The lowest BCUT2D eigenvalue weighted by Gasteiger charge is -2.11. The minimum absolute atomic E-state index is 0.487. The Bertz CT molecular complexity index is 488. The Hall–Kier alpha value is -1.09. The van der Waals surface area contributed by atoms with Gasteiger partial charge in [0.2, 0.25) is 0 Å². The Balaban J connectivity index is 2.65. The quantitative estimate of drug-likeness (QED) is 0.784. The summed E-state index contributed by atoms with van der Waals surface area (Å²) >= 11 is 6.06. The van der Waals surface area contributed by atoms with Gasteiger partial charge in [-0.05, 0) is 18.9 Å². The number of fused-ring (bicyclic) bond motifs is 1. The first kappa shape index (κ1) is 10.4. The highest BCUT2D eigenvalue weighted by Gasteiger charge is 2.11. The summed E-state index contributed by atoms with van der Waals surface area (Å²) in [7, 11) is 0. The van der Waals surface area contributed by atoms with E-state index in [0.717, 1.165) is 17.4 Å². The topological polar surface area (TPSA) is 30.7 Å². The van der Waals surface area contributed by atoms with Crippen LogP contribution in [0.1, 0.15) is 19.5 Å². The molecule has 0 radical (unpaired) electrons. The molecule has 2 aromatic rings. The Labute approximate surface area is 94.1 Å². The van der Waals surface area contributed by atoms with Crippen LogP contribution in [0.2, 0.25) is 5.15 Å². The van der Waals surface area contributed by atoms with Crippen molar-refractivity contribution < 1.29 is 0 Å². The van der Waals surface area contributed by atoms with Gasteiger partial charge >= 0.3 is 0 Å². The van der Waals surface area contributed by atoms with Crippen molar-refractivity contribution in [3.8, 4) is 0 Å². The van der Waals surface area contributed by atoms with Crippen molar-refractivity contribution in [2.45, 2.75) is 27.3 Å². The molecule has 0 unspecified atom stereocenters. The maximum Gasteiger partial charge on any atom is 0.175 e. The molecule has 0 aliphatic heterocycles.